The molecule has 0 aliphatic rings. The van der Waals surface area contributed by atoms with Crippen molar-refractivity contribution in [3.8, 4) is 5.75 Å². The van der Waals surface area contributed by atoms with Gasteiger partial charge in [0.25, 0.3) is 5.91 Å². The molecular formula is C23H20N4O3S2. The number of amides is 2. The summed E-state index contributed by atoms with van der Waals surface area (Å²) in [6.45, 7) is 1.87. The lowest BCUT2D eigenvalue weighted by Crippen LogP contribution is -2.15. The summed E-state index contributed by atoms with van der Waals surface area (Å²) >= 11 is 2.64. The maximum Gasteiger partial charge on any atom is 0.256 e. The number of ether oxygens (including phenoxy) is 1. The van der Waals surface area contributed by atoms with E-state index in [2.05, 4.69) is 20.6 Å². The van der Waals surface area contributed by atoms with Crippen molar-refractivity contribution in [3.63, 3.8) is 0 Å². The van der Waals surface area contributed by atoms with Gasteiger partial charge in [-0.25, -0.2) is 9.97 Å². The fraction of sp³-hybridized carbons (Fsp3) is 0.130. The van der Waals surface area contributed by atoms with Crippen LogP contribution >= 0.6 is 23.1 Å². The number of fused-ring (bicyclic) bond motifs is 1. The van der Waals surface area contributed by atoms with Crippen molar-refractivity contribution in [2.24, 2.45) is 0 Å². The summed E-state index contributed by atoms with van der Waals surface area (Å²) in [7, 11) is 1.56. The SMILES string of the molecule is COc1ccccc1NC(=O)c1cc(SCC(=O)Nc2nc(C)cs2)nc2ccccc12. The molecule has 0 aliphatic heterocycles. The second-order valence-electron chi connectivity index (χ2n) is 6.81. The number of thiazole rings is 1. The van der Waals surface area contributed by atoms with Crippen molar-refractivity contribution in [2.75, 3.05) is 23.5 Å². The van der Waals surface area contributed by atoms with Crippen LogP contribution in [0.5, 0.6) is 5.75 Å². The van der Waals surface area contributed by atoms with Crippen LogP contribution in [0.25, 0.3) is 10.9 Å². The van der Waals surface area contributed by atoms with E-state index in [0.717, 1.165) is 11.1 Å². The van der Waals surface area contributed by atoms with Gasteiger partial charge < -0.3 is 15.4 Å². The maximum atomic E-state index is 13.1. The standard InChI is InChI=1S/C23H20N4O3S2/c1-14-12-32-23(24-14)27-20(28)13-31-21-11-16(15-7-3-4-8-17(15)25-21)22(29)26-18-9-5-6-10-19(18)30-2/h3-12H,13H2,1-2H3,(H,26,29)(H,24,27,28). The predicted octanol–water partition coefficient (Wildman–Crippen LogP) is 4.99. The summed E-state index contributed by atoms with van der Waals surface area (Å²) in [5, 5.41) is 9.44. The molecule has 2 aromatic heterocycles. The zero-order chi connectivity index (χ0) is 22.5. The number of aromatic nitrogens is 2. The van der Waals surface area contributed by atoms with Crippen LogP contribution in [-0.4, -0.2) is 34.6 Å². The molecule has 0 saturated carbocycles. The third-order valence-electron chi connectivity index (χ3n) is 4.51. The van der Waals surface area contributed by atoms with Crippen LogP contribution in [0, 0.1) is 6.92 Å². The molecule has 2 heterocycles. The number of nitrogens with zero attached hydrogens (tertiary/aromatic N) is 2. The normalized spacial score (nSPS) is 10.7. The van der Waals surface area contributed by atoms with E-state index in [0.29, 0.717) is 32.7 Å². The quantitative estimate of drug-likeness (QED) is 0.374. The molecular weight excluding hydrogens is 444 g/mol. The van der Waals surface area contributed by atoms with E-state index in [1.807, 2.05) is 48.7 Å². The summed E-state index contributed by atoms with van der Waals surface area (Å²) < 4.78 is 5.33. The van der Waals surface area contributed by atoms with Gasteiger partial charge in [-0.1, -0.05) is 42.1 Å². The molecule has 2 amide bonds. The van der Waals surface area contributed by atoms with Crippen molar-refractivity contribution in [1.82, 2.24) is 9.97 Å². The van der Waals surface area contributed by atoms with Crippen LogP contribution in [0.1, 0.15) is 16.1 Å². The van der Waals surface area contributed by atoms with E-state index in [4.69, 9.17) is 4.74 Å². The molecule has 0 aliphatic carbocycles. The predicted molar refractivity (Wildman–Crippen MR) is 129 cm³/mol. The Kier molecular flexibility index (Phi) is 6.67. The molecule has 2 aromatic carbocycles. The third kappa shape index (κ3) is 5.06. The first-order valence-electron chi connectivity index (χ1n) is 9.72. The smallest absolute Gasteiger partial charge is 0.256 e. The van der Waals surface area contributed by atoms with Crippen molar-refractivity contribution >= 4 is 56.6 Å². The van der Waals surface area contributed by atoms with Gasteiger partial charge in [0.1, 0.15) is 5.75 Å². The molecule has 32 heavy (non-hydrogen) atoms. The van der Waals surface area contributed by atoms with Gasteiger partial charge in [-0.05, 0) is 31.2 Å². The number of methoxy groups -OCH3 is 1. The molecule has 0 spiro atoms. The Morgan fingerprint density at radius 1 is 1.06 bits per heavy atom. The first kappa shape index (κ1) is 21.8. The maximum absolute atomic E-state index is 13.1. The summed E-state index contributed by atoms with van der Waals surface area (Å²) in [5.74, 6) is 0.261. The van der Waals surface area contributed by atoms with Gasteiger partial charge in [0.15, 0.2) is 5.13 Å². The number of para-hydroxylation sites is 3. The Labute approximate surface area is 193 Å². The summed E-state index contributed by atoms with van der Waals surface area (Å²) in [5.41, 5.74) is 2.59. The van der Waals surface area contributed by atoms with Gasteiger partial charge in [-0.15, -0.1) is 11.3 Å². The highest BCUT2D eigenvalue weighted by molar-refractivity contribution is 7.99. The second-order valence-corrected chi connectivity index (χ2v) is 8.66. The first-order chi connectivity index (χ1) is 15.5. The fourth-order valence-corrected chi connectivity index (χ4v) is 4.48. The van der Waals surface area contributed by atoms with Crippen LogP contribution in [0.4, 0.5) is 10.8 Å². The van der Waals surface area contributed by atoms with E-state index >= 15 is 0 Å². The summed E-state index contributed by atoms with van der Waals surface area (Å²) in [4.78, 5) is 34.3. The lowest BCUT2D eigenvalue weighted by atomic mass is 10.1. The highest BCUT2D eigenvalue weighted by atomic mass is 32.2. The number of benzene rings is 2. The Morgan fingerprint density at radius 3 is 2.62 bits per heavy atom. The minimum Gasteiger partial charge on any atom is -0.495 e. The second kappa shape index (κ2) is 9.80. The van der Waals surface area contributed by atoms with Crippen LogP contribution in [-0.2, 0) is 4.79 Å². The van der Waals surface area contributed by atoms with Gasteiger partial charge in [-0.3, -0.25) is 9.59 Å². The van der Waals surface area contributed by atoms with E-state index in [-0.39, 0.29) is 17.6 Å². The minimum atomic E-state index is -0.280. The molecule has 7 nitrogen and oxygen atoms in total. The van der Waals surface area contributed by atoms with E-state index in [1.54, 1.807) is 25.3 Å². The number of carbonyl (C=O) groups is 2. The van der Waals surface area contributed by atoms with Crippen LogP contribution in [0.15, 0.2) is 65.0 Å². The molecule has 4 aromatic rings. The Balaban J connectivity index is 1.55. The molecule has 0 fully saturated rings. The zero-order valence-corrected chi connectivity index (χ0v) is 19.0. The van der Waals surface area contributed by atoms with Gasteiger partial charge in [0.2, 0.25) is 5.91 Å². The van der Waals surface area contributed by atoms with Gasteiger partial charge in [0.05, 0.1) is 40.4 Å². The van der Waals surface area contributed by atoms with Crippen molar-refractivity contribution in [1.29, 1.82) is 0 Å². The molecule has 0 saturated heterocycles. The number of rotatable bonds is 7. The van der Waals surface area contributed by atoms with Crippen molar-refractivity contribution < 1.29 is 14.3 Å². The van der Waals surface area contributed by atoms with Crippen molar-refractivity contribution in [2.45, 2.75) is 11.9 Å². The summed E-state index contributed by atoms with van der Waals surface area (Å²) in [6.07, 6.45) is 0. The monoisotopic (exact) mass is 464 g/mol. The number of aryl methyl sites for hydroxylation is 1. The lowest BCUT2D eigenvalue weighted by molar-refractivity contribution is -0.113. The first-order valence-corrected chi connectivity index (χ1v) is 11.6. The molecule has 162 valence electrons. The van der Waals surface area contributed by atoms with Crippen LogP contribution < -0.4 is 15.4 Å². The minimum absolute atomic E-state index is 0.150. The largest absolute Gasteiger partial charge is 0.495 e. The van der Waals surface area contributed by atoms with Gasteiger partial charge >= 0.3 is 0 Å². The number of hydrogen-bond donors (Lipinski definition) is 2. The Morgan fingerprint density at radius 2 is 1.84 bits per heavy atom. The molecule has 0 unspecified atom stereocenters. The molecule has 2 N–H and O–H groups in total. The fourth-order valence-electron chi connectivity index (χ4n) is 3.06. The molecule has 9 heteroatoms. The molecule has 0 bridgehead atoms. The average Bonchev–Trinajstić information content (AvgIpc) is 3.21. The van der Waals surface area contributed by atoms with Crippen LogP contribution in [0.2, 0.25) is 0 Å². The Hall–Kier alpha value is -3.43. The zero-order valence-electron chi connectivity index (χ0n) is 17.4. The van der Waals surface area contributed by atoms with E-state index in [1.165, 1.54) is 23.1 Å². The molecule has 0 radical (unpaired) electrons. The highest BCUT2D eigenvalue weighted by Crippen LogP contribution is 2.28. The topological polar surface area (TPSA) is 93.2 Å². The molecule has 0 atom stereocenters. The number of hydrogen-bond acceptors (Lipinski definition) is 7. The Bertz CT molecular complexity index is 1290. The lowest BCUT2D eigenvalue weighted by Gasteiger charge is -2.12. The van der Waals surface area contributed by atoms with Crippen molar-refractivity contribution in [3.05, 3.63) is 71.2 Å². The van der Waals surface area contributed by atoms with E-state index < -0.39 is 0 Å². The summed E-state index contributed by atoms with van der Waals surface area (Å²) in [6, 6.07) is 16.4. The van der Waals surface area contributed by atoms with E-state index in [9.17, 15) is 9.59 Å². The van der Waals surface area contributed by atoms with Gasteiger partial charge in [-0.2, -0.15) is 0 Å². The number of carbonyl (C=O) groups excluding carboxylic acids is 2. The number of anilines is 2. The highest BCUT2D eigenvalue weighted by Gasteiger charge is 2.16. The average molecular weight is 465 g/mol. The van der Waals surface area contributed by atoms with Crippen LogP contribution in [0.3, 0.4) is 0 Å². The van der Waals surface area contributed by atoms with Gasteiger partial charge in [0, 0.05) is 10.8 Å². The number of thioether (sulfide) groups is 1. The number of nitrogens with one attached hydrogen (secondary N) is 2. The number of pyridine rings is 1. The molecule has 4 rings (SSSR count). The third-order valence-corrected chi connectivity index (χ3v) is 6.30.